The molecule has 108 valence electrons. The largest absolute Gasteiger partial charge is 0.385 e. The molecule has 1 rings (SSSR count). The summed E-state index contributed by atoms with van der Waals surface area (Å²) in [5.74, 6) is 0. The Balaban J connectivity index is 2.29. The Bertz CT molecular complexity index is 225. The van der Waals surface area contributed by atoms with Crippen molar-refractivity contribution < 1.29 is 4.74 Å². The Hall–Kier alpha value is -0.120. The first-order valence-electron chi connectivity index (χ1n) is 7.41. The molecule has 1 fully saturated rings. The lowest BCUT2D eigenvalue weighted by atomic mass is 9.85. The molecule has 1 heterocycles. The van der Waals surface area contributed by atoms with Crippen molar-refractivity contribution in [3.8, 4) is 0 Å². The van der Waals surface area contributed by atoms with Gasteiger partial charge in [0.05, 0.1) is 0 Å². The average molecular weight is 256 g/mol. The summed E-state index contributed by atoms with van der Waals surface area (Å²) >= 11 is 0. The van der Waals surface area contributed by atoms with Gasteiger partial charge in [-0.1, -0.05) is 20.8 Å². The van der Waals surface area contributed by atoms with Crippen molar-refractivity contribution in [3.63, 3.8) is 0 Å². The summed E-state index contributed by atoms with van der Waals surface area (Å²) in [4.78, 5) is 2.65. The molecular formula is C15H32N2O. The molecule has 0 radical (unpaired) electrons. The van der Waals surface area contributed by atoms with Crippen LogP contribution in [0.5, 0.6) is 0 Å². The van der Waals surface area contributed by atoms with Crippen molar-refractivity contribution in [1.82, 2.24) is 10.2 Å². The van der Waals surface area contributed by atoms with E-state index in [1.807, 2.05) is 0 Å². The Labute approximate surface area is 113 Å². The molecule has 0 aromatic heterocycles. The Morgan fingerprint density at radius 3 is 2.56 bits per heavy atom. The van der Waals surface area contributed by atoms with Crippen LogP contribution in [0.3, 0.4) is 0 Å². The van der Waals surface area contributed by atoms with Crippen LogP contribution in [0.1, 0.15) is 47.0 Å². The Morgan fingerprint density at radius 2 is 1.94 bits per heavy atom. The Kier molecular flexibility index (Phi) is 6.61. The molecule has 0 bridgehead atoms. The average Bonchev–Trinajstić information content (AvgIpc) is 2.29. The number of methoxy groups -OCH3 is 1. The van der Waals surface area contributed by atoms with Gasteiger partial charge in [0.1, 0.15) is 0 Å². The van der Waals surface area contributed by atoms with Gasteiger partial charge in [-0.25, -0.2) is 0 Å². The van der Waals surface area contributed by atoms with Crippen LogP contribution in [0, 0.1) is 5.41 Å². The van der Waals surface area contributed by atoms with Gasteiger partial charge in [0, 0.05) is 38.9 Å². The molecule has 2 unspecified atom stereocenters. The zero-order valence-electron chi connectivity index (χ0n) is 13.0. The molecule has 3 heteroatoms. The van der Waals surface area contributed by atoms with E-state index in [1.54, 1.807) is 7.11 Å². The third kappa shape index (κ3) is 5.25. The lowest BCUT2D eigenvalue weighted by molar-refractivity contribution is 0.0913. The molecule has 0 spiro atoms. The minimum absolute atomic E-state index is 0.356. The first-order chi connectivity index (χ1) is 8.45. The van der Waals surface area contributed by atoms with Crippen LogP contribution in [0.2, 0.25) is 0 Å². The summed E-state index contributed by atoms with van der Waals surface area (Å²) in [6, 6.07) is 1.29. The standard InChI is InChI=1S/C15H32N2O/c1-13-11-16-14(15(2,3)4)12-17(13)9-7-6-8-10-18-5/h13-14,16H,6-12H2,1-5H3. The van der Waals surface area contributed by atoms with E-state index >= 15 is 0 Å². The molecule has 1 aliphatic rings. The minimum Gasteiger partial charge on any atom is -0.385 e. The van der Waals surface area contributed by atoms with Crippen LogP contribution >= 0.6 is 0 Å². The third-order valence-electron chi connectivity index (χ3n) is 4.04. The fourth-order valence-electron chi connectivity index (χ4n) is 2.55. The number of nitrogens with zero attached hydrogens (tertiary/aromatic N) is 1. The second-order valence-electron chi connectivity index (χ2n) is 6.72. The van der Waals surface area contributed by atoms with E-state index in [1.165, 1.54) is 32.4 Å². The van der Waals surface area contributed by atoms with E-state index in [0.717, 1.165) is 13.2 Å². The smallest absolute Gasteiger partial charge is 0.0462 e. The van der Waals surface area contributed by atoms with Gasteiger partial charge in [-0.2, -0.15) is 0 Å². The third-order valence-corrected chi connectivity index (χ3v) is 4.04. The maximum absolute atomic E-state index is 5.09. The van der Waals surface area contributed by atoms with E-state index in [4.69, 9.17) is 4.74 Å². The topological polar surface area (TPSA) is 24.5 Å². The molecular weight excluding hydrogens is 224 g/mol. The summed E-state index contributed by atoms with van der Waals surface area (Å²) < 4.78 is 5.09. The summed E-state index contributed by atoms with van der Waals surface area (Å²) in [5.41, 5.74) is 0.356. The molecule has 1 aliphatic heterocycles. The van der Waals surface area contributed by atoms with Gasteiger partial charge in [0.25, 0.3) is 0 Å². The zero-order valence-corrected chi connectivity index (χ0v) is 13.0. The van der Waals surface area contributed by atoms with Crippen LogP contribution in [0.4, 0.5) is 0 Å². The molecule has 0 saturated carbocycles. The van der Waals surface area contributed by atoms with Crippen molar-refractivity contribution in [3.05, 3.63) is 0 Å². The lowest BCUT2D eigenvalue weighted by Gasteiger charge is -2.44. The fourth-order valence-corrected chi connectivity index (χ4v) is 2.55. The maximum Gasteiger partial charge on any atom is 0.0462 e. The quantitative estimate of drug-likeness (QED) is 0.739. The van der Waals surface area contributed by atoms with Gasteiger partial charge >= 0.3 is 0 Å². The highest BCUT2D eigenvalue weighted by atomic mass is 16.5. The fraction of sp³-hybridized carbons (Fsp3) is 1.00. The predicted octanol–water partition coefficient (Wildman–Crippen LogP) is 2.51. The number of hydrogen-bond acceptors (Lipinski definition) is 3. The highest BCUT2D eigenvalue weighted by molar-refractivity contribution is 4.90. The number of nitrogens with one attached hydrogen (secondary N) is 1. The van der Waals surface area contributed by atoms with Crippen molar-refractivity contribution in [2.24, 2.45) is 5.41 Å². The lowest BCUT2D eigenvalue weighted by Crippen LogP contribution is -2.59. The Morgan fingerprint density at radius 1 is 1.22 bits per heavy atom. The second kappa shape index (κ2) is 7.46. The normalized spacial score (nSPS) is 26.5. The summed E-state index contributed by atoms with van der Waals surface area (Å²) in [6.45, 7) is 13.8. The van der Waals surface area contributed by atoms with Crippen LogP contribution in [-0.2, 0) is 4.74 Å². The van der Waals surface area contributed by atoms with E-state index in [0.29, 0.717) is 17.5 Å². The highest BCUT2D eigenvalue weighted by Gasteiger charge is 2.31. The number of hydrogen-bond donors (Lipinski definition) is 1. The molecule has 2 atom stereocenters. The molecule has 0 aliphatic carbocycles. The zero-order chi connectivity index (χ0) is 13.6. The van der Waals surface area contributed by atoms with Gasteiger partial charge in [-0.15, -0.1) is 0 Å². The highest BCUT2D eigenvalue weighted by Crippen LogP contribution is 2.23. The summed E-state index contributed by atoms with van der Waals surface area (Å²) in [5, 5.41) is 3.69. The molecule has 3 nitrogen and oxygen atoms in total. The van der Waals surface area contributed by atoms with Crippen LogP contribution in [0.15, 0.2) is 0 Å². The SMILES string of the molecule is COCCCCCN1CC(C(C)(C)C)NCC1C. The first-order valence-corrected chi connectivity index (χ1v) is 7.41. The number of piperazine rings is 1. The van der Waals surface area contributed by atoms with Crippen molar-refractivity contribution in [2.45, 2.75) is 59.0 Å². The molecule has 0 aromatic carbocycles. The van der Waals surface area contributed by atoms with Gasteiger partial charge in [-0.05, 0) is 38.1 Å². The molecule has 1 N–H and O–H groups in total. The first kappa shape index (κ1) is 15.9. The summed E-state index contributed by atoms with van der Waals surface area (Å²) in [7, 11) is 1.78. The van der Waals surface area contributed by atoms with Gasteiger partial charge in [-0.3, -0.25) is 4.90 Å². The van der Waals surface area contributed by atoms with Crippen molar-refractivity contribution in [1.29, 1.82) is 0 Å². The van der Waals surface area contributed by atoms with Crippen molar-refractivity contribution in [2.75, 3.05) is 33.4 Å². The molecule has 0 amide bonds. The van der Waals surface area contributed by atoms with Crippen molar-refractivity contribution >= 4 is 0 Å². The maximum atomic E-state index is 5.09. The number of unbranched alkanes of at least 4 members (excludes halogenated alkanes) is 2. The van der Waals surface area contributed by atoms with Crippen LogP contribution in [-0.4, -0.2) is 50.3 Å². The predicted molar refractivity (Wildman–Crippen MR) is 78.0 cm³/mol. The number of rotatable bonds is 6. The number of ether oxygens (including phenoxy) is 1. The molecule has 1 saturated heterocycles. The monoisotopic (exact) mass is 256 g/mol. The minimum atomic E-state index is 0.356. The molecule has 0 aromatic rings. The summed E-state index contributed by atoms with van der Waals surface area (Å²) in [6.07, 6.45) is 3.77. The van der Waals surface area contributed by atoms with Gasteiger partial charge in [0.15, 0.2) is 0 Å². The van der Waals surface area contributed by atoms with Crippen LogP contribution < -0.4 is 5.32 Å². The second-order valence-corrected chi connectivity index (χ2v) is 6.72. The van der Waals surface area contributed by atoms with E-state index in [2.05, 4.69) is 37.9 Å². The van der Waals surface area contributed by atoms with Gasteiger partial charge < -0.3 is 10.1 Å². The van der Waals surface area contributed by atoms with E-state index < -0.39 is 0 Å². The van der Waals surface area contributed by atoms with Crippen LogP contribution in [0.25, 0.3) is 0 Å². The van der Waals surface area contributed by atoms with E-state index in [-0.39, 0.29) is 0 Å². The van der Waals surface area contributed by atoms with E-state index in [9.17, 15) is 0 Å². The molecule has 18 heavy (non-hydrogen) atoms. The van der Waals surface area contributed by atoms with Gasteiger partial charge in [0.2, 0.25) is 0 Å².